The molecule has 4 heterocycles. The molecule has 8 nitrogen and oxygen atoms in total. The van der Waals surface area contributed by atoms with Crippen LogP contribution in [0, 0.1) is 18.8 Å². The standard InChI is InChI=1S/C23H34N6O2/c1-17-25-21(15-26(17)2)23-24-7-10-28(23)13-20-14-29(22(30)16-31-20)12-19-5-8-27(9-6-19)11-18-3-4-18/h7,10,15,18-20H,3-6,8-9,11-14,16H2,1-2H3. The van der Waals surface area contributed by atoms with Gasteiger partial charge in [-0.05, 0) is 57.5 Å². The number of rotatable bonds is 7. The molecule has 1 amide bonds. The van der Waals surface area contributed by atoms with Gasteiger partial charge in [0.25, 0.3) is 0 Å². The van der Waals surface area contributed by atoms with Crippen LogP contribution in [0.4, 0.5) is 0 Å². The molecule has 1 unspecified atom stereocenters. The monoisotopic (exact) mass is 426 g/mol. The quantitative estimate of drug-likeness (QED) is 0.677. The molecular weight excluding hydrogens is 392 g/mol. The van der Waals surface area contributed by atoms with Crippen molar-refractivity contribution in [3.8, 4) is 11.5 Å². The molecule has 1 aliphatic carbocycles. The maximum atomic E-state index is 12.5. The summed E-state index contributed by atoms with van der Waals surface area (Å²) >= 11 is 0. The van der Waals surface area contributed by atoms with E-state index in [0.29, 0.717) is 19.0 Å². The largest absolute Gasteiger partial charge is 0.365 e. The number of nitrogens with zero attached hydrogens (tertiary/aromatic N) is 6. The van der Waals surface area contributed by atoms with Crippen LogP contribution in [0.3, 0.4) is 0 Å². The molecule has 0 radical (unpaired) electrons. The molecule has 3 fully saturated rings. The minimum atomic E-state index is -0.0228. The number of aryl methyl sites for hydroxylation is 2. The molecule has 8 heteroatoms. The van der Waals surface area contributed by atoms with Crippen molar-refractivity contribution >= 4 is 5.91 Å². The van der Waals surface area contributed by atoms with Crippen molar-refractivity contribution in [3.05, 3.63) is 24.4 Å². The molecule has 2 aromatic heterocycles. The highest BCUT2D eigenvalue weighted by molar-refractivity contribution is 5.78. The Hall–Kier alpha value is -2.19. The molecule has 0 bridgehead atoms. The number of carbonyl (C=O) groups is 1. The minimum absolute atomic E-state index is 0.0228. The van der Waals surface area contributed by atoms with Crippen LogP contribution < -0.4 is 0 Å². The predicted molar refractivity (Wildman–Crippen MR) is 117 cm³/mol. The van der Waals surface area contributed by atoms with Gasteiger partial charge in [0.05, 0.1) is 12.6 Å². The molecule has 0 spiro atoms. The van der Waals surface area contributed by atoms with Gasteiger partial charge in [0, 0.05) is 45.3 Å². The number of hydrogen-bond donors (Lipinski definition) is 0. The summed E-state index contributed by atoms with van der Waals surface area (Å²) in [5.74, 6) is 3.50. The van der Waals surface area contributed by atoms with Crippen molar-refractivity contribution in [3.63, 3.8) is 0 Å². The first-order chi connectivity index (χ1) is 15.0. The average Bonchev–Trinajstić information content (AvgIpc) is 3.35. The Kier molecular flexibility index (Phi) is 5.84. The first-order valence-electron chi connectivity index (χ1n) is 11.7. The zero-order valence-corrected chi connectivity index (χ0v) is 18.7. The predicted octanol–water partition coefficient (Wildman–Crippen LogP) is 1.94. The fraction of sp³-hybridized carbons (Fsp3) is 0.696. The first-order valence-corrected chi connectivity index (χ1v) is 11.7. The summed E-state index contributed by atoms with van der Waals surface area (Å²) in [6.07, 6.45) is 11.0. The van der Waals surface area contributed by atoms with Gasteiger partial charge in [0.2, 0.25) is 5.91 Å². The summed E-state index contributed by atoms with van der Waals surface area (Å²) in [7, 11) is 1.99. The molecule has 168 valence electrons. The number of hydrogen-bond acceptors (Lipinski definition) is 5. The Labute approximate surface area is 184 Å². The number of ether oxygens (including phenoxy) is 1. The number of imidazole rings is 2. The SMILES string of the molecule is Cc1nc(-c2nccn2CC2CN(CC3CCN(CC4CC4)CC3)C(=O)CO2)cn1C. The Morgan fingerprint density at radius 2 is 1.87 bits per heavy atom. The molecule has 0 N–H and O–H groups in total. The van der Waals surface area contributed by atoms with Crippen molar-refractivity contribution in [1.82, 2.24) is 28.9 Å². The van der Waals surface area contributed by atoms with Gasteiger partial charge >= 0.3 is 0 Å². The van der Waals surface area contributed by atoms with Crippen LogP contribution in [0.1, 0.15) is 31.5 Å². The lowest BCUT2D eigenvalue weighted by molar-refractivity contribution is -0.150. The molecule has 2 aliphatic heterocycles. The van der Waals surface area contributed by atoms with Crippen LogP contribution in [-0.2, 0) is 23.1 Å². The normalized spacial score (nSPS) is 23.6. The van der Waals surface area contributed by atoms with Crippen molar-refractivity contribution in [1.29, 1.82) is 0 Å². The highest BCUT2D eigenvalue weighted by Gasteiger charge is 2.31. The van der Waals surface area contributed by atoms with E-state index in [4.69, 9.17) is 4.74 Å². The minimum Gasteiger partial charge on any atom is -0.365 e. The molecule has 3 aliphatic rings. The number of morpholine rings is 1. The molecule has 1 saturated carbocycles. The highest BCUT2D eigenvalue weighted by Crippen LogP contribution is 2.31. The fourth-order valence-electron chi connectivity index (χ4n) is 4.87. The van der Waals surface area contributed by atoms with Gasteiger partial charge in [0.15, 0.2) is 5.82 Å². The van der Waals surface area contributed by atoms with E-state index >= 15 is 0 Å². The Morgan fingerprint density at radius 1 is 1.10 bits per heavy atom. The lowest BCUT2D eigenvalue weighted by atomic mass is 9.95. The van der Waals surface area contributed by atoms with Gasteiger partial charge in [-0.25, -0.2) is 9.97 Å². The second kappa shape index (κ2) is 8.74. The van der Waals surface area contributed by atoms with E-state index in [1.807, 2.05) is 35.8 Å². The number of likely N-dealkylation sites (tertiary alicyclic amines) is 1. The summed E-state index contributed by atoms with van der Waals surface area (Å²) in [6, 6.07) is 0. The van der Waals surface area contributed by atoms with Gasteiger partial charge in [-0.15, -0.1) is 0 Å². The zero-order chi connectivity index (χ0) is 21.4. The van der Waals surface area contributed by atoms with Crippen LogP contribution in [0.5, 0.6) is 0 Å². The van der Waals surface area contributed by atoms with E-state index in [9.17, 15) is 4.79 Å². The molecule has 31 heavy (non-hydrogen) atoms. The Bertz CT molecular complexity index is 890. The number of carbonyl (C=O) groups excluding carboxylic acids is 1. The number of piperidine rings is 1. The molecular formula is C23H34N6O2. The van der Waals surface area contributed by atoms with E-state index in [1.54, 1.807) is 6.20 Å². The van der Waals surface area contributed by atoms with Gasteiger partial charge in [-0.1, -0.05) is 0 Å². The fourth-order valence-corrected chi connectivity index (χ4v) is 4.87. The van der Waals surface area contributed by atoms with Crippen molar-refractivity contribution in [2.24, 2.45) is 18.9 Å². The van der Waals surface area contributed by atoms with Crippen LogP contribution >= 0.6 is 0 Å². The second-order valence-corrected chi connectivity index (χ2v) is 9.61. The third-order valence-corrected chi connectivity index (χ3v) is 7.07. The molecule has 1 atom stereocenters. The topological polar surface area (TPSA) is 68.4 Å². The lowest BCUT2D eigenvalue weighted by Gasteiger charge is -2.38. The molecule has 0 aromatic carbocycles. The zero-order valence-electron chi connectivity index (χ0n) is 18.7. The van der Waals surface area contributed by atoms with E-state index in [2.05, 4.69) is 19.4 Å². The van der Waals surface area contributed by atoms with E-state index in [-0.39, 0.29) is 18.6 Å². The van der Waals surface area contributed by atoms with Crippen LogP contribution in [0.2, 0.25) is 0 Å². The van der Waals surface area contributed by atoms with Gasteiger partial charge < -0.3 is 23.7 Å². The van der Waals surface area contributed by atoms with Gasteiger partial charge in [-0.2, -0.15) is 0 Å². The van der Waals surface area contributed by atoms with Crippen molar-refractivity contribution < 1.29 is 9.53 Å². The summed E-state index contributed by atoms with van der Waals surface area (Å²) in [4.78, 5) is 26.3. The number of aromatic nitrogens is 4. The van der Waals surface area contributed by atoms with Gasteiger partial charge in [-0.3, -0.25) is 4.79 Å². The van der Waals surface area contributed by atoms with E-state index < -0.39 is 0 Å². The van der Waals surface area contributed by atoms with Crippen LogP contribution in [0.25, 0.3) is 11.5 Å². The molecule has 2 aromatic rings. The van der Waals surface area contributed by atoms with E-state index in [0.717, 1.165) is 29.8 Å². The van der Waals surface area contributed by atoms with Crippen LogP contribution in [0.15, 0.2) is 18.6 Å². The third kappa shape index (κ3) is 4.85. The third-order valence-electron chi connectivity index (χ3n) is 7.07. The first kappa shape index (κ1) is 20.7. The Balaban J connectivity index is 1.17. The lowest BCUT2D eigenvalue weighted by Crippen LogP contribution is -2.50. The molecule has 5 rings (SSSR count). The number of amides is 1. The highest BCUT2D eigenvalue weighted by atomic mass is 16.5. The summed E-state index contributed by atoms with van der Waals surface area (Å²) < 4.78 is 9.99. The average molecular weight is 427 g/mol. The smallest absolute Gasteiger partial charge is 0.248 e. The maximum absolute atomic E-state index is 12.5. The van der Waals surface area contributed by atoms with Crippen molar-refractivity contribution in [2.75, 3.05) is 39.3 Å². The summed E-state index contributed by atoms with van der Waals surface area (Å²) in [5.41, 5.74) is 0.867. The van der Waals surface area contributed by atoms with E-state index in [1.165, 1.54) is 45.3 Å². The summed E-state index contributed by atoms with van der Waals surface area (Å²) in [5, 5.41) is 0. The maximum Gasteiger partial charge on any atom is 0.248 e. The van der Waals surface area contributed by atoms with Crippen molar-refractivity contribution in [2.45, 2.75) is 45.3 Å². The molecule has 2 saturated heterocycles. The Morgan fingerprint density at radius 3 is 2.58 bits per heavy atom. The summed E-state index contributed by atoms with van der Waals surface area (Å²) in [6.45, 7) is 8.02. The second-order valence-electron chi connectivity index (χ2n) is 9.61. The van der Waals surface area contributed by atoms with Crippen LogP contribution in [-0.4, -0.2) is 80.2 Å². The van der Waals surface area contributed by atoms with Gasteiger partial charge in [0.1, 0.15) is 18.1 Å².